The standard InChI is InChI=1S/C27H21N/c1-17-9-8-13-20-22(17)15-23-18(2)27-25(16-24(20)23)21-12-6-7-14-26(21)28(27)19-10-4-3-5-11-19/h3-14,16H,15H2,1-2H3. The Kier molecular flexibility index (Phi) is 3.14. The molecule has 6 rings (SSSR count). The number of aryl methyl sites for hydroxylation is 2. The molecule has 0 saturated heterocycles. The second-order valence-electron chi connectivity index (χ2n) is 7.89. The van der Waals surface area contributed by atoms with E-state index in [0.29, 0.717) is 0 Å². The Labute approximate surface area is 164 Å². The molecule has 0 spiro atoms. The Morgan fingerprint density at radius 2 is 1.46 bits per heavy atom. The van der Waals surface area contributed by atoms with Gasteiger partial charge in [0, 0.05) is 16.5 Å². The van der Waals surface area contributed by atoms with E-state index >= 15 is 0 Å². The van der Waals surface area contributed by atoms with Gasteiger partial charge in [0.2, 0.25) is 0 Å². The first-order valence-corrected chi connectivity index (χ1v) is 9.94. The van der Waals surface area contributed by atoms with Gasteiger partial charge in [-0.25, -0.2) is 0 Å². The molecule has 1 aromatic heterocycles. The predicted octanol–water partition coefficient (Wildman–Crippen LogP) is 6.97. The molecular formula is C27H21N. The number of para-hydroxylation sites is 2. The van der Waals surface area contributed by atoms with Crippen LogP contribution in [-0.4, -0.2) is 4.57 Å². The van der Waals surface area contributed by atoms with Crippen molar-refractivity contribution < 1.29 is 0 Å². The molecule has 1 heterocycles. The fourth-order valence-corrected chi connectivity index (χ4v) is 5.04. The average molecular weight is 359 g/mol. The Morgan fingerprint density at radius 1 is 0.679 bits per heavy atom. The van der Waals surface area contributed by atoms with Crippen LogP contribution in [0.4, 0.5) is 0 Å². The second kappa shape index (κ2) is 5.59. The minimum absolute atomic E-state index is 1.04. The number of nitrogens with zero attached hydrogens (tertiary/aromatic N) is 1. The fraction of sp³-hybridized carbons (Fsp3) is 0.111. The van der Waals surface area contributed by atoms with Crippen molar-refractivity contribution in [1.29, 1.82) is 0 Å². The van der Waals surface area contributed by atoms with E-state index in [0.717, 1.165) is 6.42 Å². The third kappa shape index (κ3) is 1.96. The molecule has 0 amide bonds. The summed E-state index contributed by atoms with van der Waals surface area (Å²) in [5.74, 6) is 0. The van der Waals surface area contributed by atoms with E-state index in [2.05, 4.69) is 97.3 Å². The molecule has 0 radical (unpaired) electrons. The highest BCUT2D eigenvalue weighted by Crippen LogP contribution is 2.45. The highest BCUT2D eigenvalue weighted by atomic mass is 15.0. The lowest BCUT2D eigenvalue weighted by molar-refractivity contribution is 1.14. The Bertz CT molecular complexity index is 1390. The van der Waals surface area contributed by atoms with Gasteiger partial charge in [0.15, 0.2) is 0 Å². The first kappa shape index (κ1) is 15.7. The molecule has 0 fully saturated rings. The minimum Gasteiger partial charge on any atom is -0.309 e. The van der Waals surface area contributed by atoms with Crippen molar-refractivity contribution in [2.45, 2.75) is 20.3 Å². The summed E-state index contributed by atoms with van der Waals surface area (Å²) in [6.45, 7) is 4.54. The molecule has 1 heteroatoms. The van der Waals surface area contributed by atoms with Crippen molar-refractivity contribution in [2.75, 3.05) is 0 Å². The van der Waals surface area contributed by atoms with Gasteiger partial charge in [-0.2, -0.15) is 0 Å². The lowest BCUT2D eigenvalue weighted by atomic mass is 9.98. The average Bonchev–Trinajstić information content (AvgIpc) is 3.27. The molecule has 0 bridgehead atoms. The fourth-order valence-electron chi connectivity index (χ4n) is 5.04. The molecule has 28 heavy (non-hydrogen) atoms. The maximum absolute atomic E-state index is 2.44. The molecule has 0 aliphatic heterocycles. The number of hydrogen-bond acceptors (Lipinski definition) is 0. The van der Waals surface area contributed by atoms with E-state index < -0.39 is 0 Å². The van der Waals surface area contributed by atoms with Crippen molar-refractivity contribution in [3.63, 3.8) is 0 Å². The van der Waals surface area contributed by atoms with Crippen LogP contribution in [0.1, 0.15) is 22.3 Å². The summed E-state index contributed by atoms with van der Waals surface area (Å²) in [4.78, 5) is 0. The van der Waals surface area contributed by atoms with E-state index in [-0.39, 0.29) is 0 Å². The van der Waals surface area contributed by atoms with Crippen molar-refractivity contribution in [3.8, 4) is 16.8 Å². The van der Waals surface area contributed by atoms with Crippen molar-refractivity contribution in [2.24, 2.45) is 0 Å². The molecule has 1 aliphatic carbocycles. The number of fused-ring (bicyclic) bond motifs is 6. The topological polar surface area (TPSA) is 4.93 Å². The maximum atomic E-state index is 2.44. The van der Waals surface area contributed by atoms with Gasteiger partial charge in [-0.1, -0.05) is 54.6 Å². The monoisotopic (exact) mass is 359 g/mol. The van der Waals surface area contributed by atoms with Gasteiger partial charge in [-0.3, -0.25) is 0 Å². The number of aromatic nitrogens is 1. The summed E-state index contributed by atoms with van der Waals surface area (Å²) in [5.41, 5.74) is 12.5. The van der Waals surface area contributed by atoms with Gasteiger partial charge < -0.3 is 4.57 Å². The lowest BCUT2D eigenvalue weighted by Crippen LogP contribution is -1.97. The Morgan fingerprint density at radius 3 is 2.32 bits per heavy atom. The second-order valence-corrected chi connectivity index (χ2v) is 7.89. The van der Waals surface area contributed by atoms with Gasteiger partial charge >= 0.3 is 0 Å². The molecule has 134 valence electrons. The molecule has 1 aliphatic rings. The smallest absolute Gasteiger partial charge is 0.0573 e. The van der Waals surface area contributed by atoms with E-state index in [1.807, 2.05) is 0 Å². The largest absolute Gasteiger partial charge is 0.309 e. The quantitative estimate of drug-likeness (QED) is 0.299. The molecule has 0 atom stereocenters. The lowest BCUT2D eigenvalue weighted by Gasteiger charge is -2.12. The van der Waals surface area contributed by atoms with E-state index in [1.54, 1.807) is 0 Å². The molecule has 0 unspecified atom stereocenters. The van der Waals surface area contributed by atoms with Crippen LogP contribution >= 0.6 is 0 Å². The van der Waals surface area contributed by atoms with Crippen LogP contribution in [0.3, 0.4) is 0 Å². The Hall–Kier alpha value is -3.32. The third-order valence-corrected chi connectivity index (χ3v) is 6.40. The van der Waals surface area contributed by atoms with Gasteiger partial charge in [-0.15, -0.1) is 0 Å². The summed E-state index contributed by atoms with van der Waals surface area (Å²) in [7, 11) is 0. The first-order chi connectivity index (χ1) is 13.7. The highest BCUT2D eigenvalue weighted by Gasteiger charge is 2.25. The normalized spacial score (nSPS) is 12.5. The molecule has 0 N–H and O–H groups in total. The summed E-state index contributed by atoms with van der Waals surface area (Å²) in [5, 5.41) is 2.68. The van der Waals surface area contributed by atoms with Crippen LogP contribution in [0.2, 0.25) is 0 Å². The van der Waals surface area contributed by atoms with E-state index in [1.165, 1.54) is 60.9 Å². The maximum Gasteiger partial charge on any atom is 0.0573 e. The van der Waals surface area contributed by atoms with Gasteiger partial charge in [-0.05, 0) is 77.9 Å². The zero-order chi connectivity index (χ0) is 18.8. The molecular weight excluding hydrogens is 338 g/mol. The van der Waals surface area contributed by atoms with Gasteiger partial charge in [0.25, 0.3) is 0 Å². The SMILES string of the molecule is Cc1cccc2c1Cc1c-2cc2c3ccccc3n(-c3ccccc3)c2c1C. The van der Waals surface area contributed by atoms with Crippen LogP contribution in [0.15, 0.2) is 78.9 Å². The number of benzene rings is 4. The van der Waals surface area contributed by atoms with Crippen molar-refractivity contribution in [3.05, 3.63) is 101 Å². The Balaban J connectivity index is 1.79. The summed E-state index contributed by atoms with van der Waals surface area (Å²) in [6.07, 6.45) is 1.04. The zero-order valence-electron chi connectivity index (χ0n) is 16.2. The number of rotatable bonds is 1. The van der Waals surface area contributed by atoms with Crippen LogP contribution in [0.5, 0.6) is 0 Å². The summed E-state index contributed by atoms with van der Waals surface area (Å²) in [6, 6.07) is 28.7. The molecule has 1 nitrogen and oxygen atoms in total. The minimum atomic E-state index is 1.04. The molecule has 4 aromatic carbocycles. The van der Waals surface area contributed by atoms with Crippen LogP contribution in [0, 0.1) is 13.8 Å². The first-order valence-electron chi connectivity index (χ1n) is 9.94. The summed E-state index contributed by atoms with van der Waals surface area (Å²) >= 11 is 0. The third-order valence-electron chi connectivity index (χ3n) is 6.40. The predicted molar refractivity (Wildman–Crippen MR) is 118 cm³/mol. The summed E-state index contributed by atoms with van der Waals surface area (Å²) < 4.78 is 2.44. The van der Waals surface area contributed by atoms with Crippen molar-refractivity contribution >= 4 is 21.8 Å². The van der Waals surface area contributed by atoms with E-state index in [4.69, 9.17) is 0 Å². The van der Waals surface area contributed by atoms with Crippen molar-refractivity contribution in [1.82, 2.24) is 4.57 Å². The van der Waals surface area contributed by atoms with E-state index in [9.17, 15) is 0 Å². The van der Waals surface area contributed by atoms with Crippen LogP contribution < -0.4 is 0 Å². The van der Waals surface area contributed by atoms with Crippen LogP contribution in [0.25, 0.3) is 38.6 Å². The molecule has 0 saturated carbocycles. The van der Waals surface area contributed by atoms with Gasteiger partial charge in [0.05, 0.1) is 11.0 Å². The molecule has 5 aromatic rings. The highest BCUT2D eigenvalue weighted by molar-refractivity contribution is 6.12. The zero-order valence-corrected chi connectivity index (χ0v) is 16.2. The van der Waals surface area contributed by atoms with Gasteiger partial charge in [0.1, 0.15) is 0 Å². The van der Waals surface area contributed by atoms with Crippen LogP contribution in [-0.2, 0) is 6.42 Å². The number of hydrogen-bond donors (Lipinski definition) is 0.